The molecule has 2 fully saturated rings. The Morgan fingerprint density at radius 2 is 1.87 bits per heavy atom. The molecule has 2 amide bonds. The number of hydrogen-bond donors (Lipinski definition) is 3. The van der Waals surface area contributed by atoms with Crippen LogP contribution in [-0.4, -0.2) is 51.4 Å². The van der Waals surface area contributed by atoms with Crippen molar-refractivity contribution in [3.05, 3.63) is 47.8 Å². The molecule has 0 unspecified atom stereocenters. The van der Waals surface area contributed by atoms with Gasteiger partial charge < -0.3 is 20.5 Å². The summed E-state index contributed by atoms with van der Waals surface area (Å²) in [6.07, 6.45) is 2.73. The fourth-order valence-electron chi connectivity index (χ4n) is 4.43. The number of carboxylic acid groups (broad SMARTS) is 1. The van der Waals surface area contributed by atoms with E-state index in [2.05, 4.69) is 15.7 Å². The molecule has 2 aliphatic heterocycles. The van der Waals surface area contributed by atoms with Crippen molar-refractivity contribution < 1.29 is 24.2 Å². The van der Waals surface area contributed by atoms with Crippen LogP contribution in [-0.2, 0) is 27.3 Å². The van der Waals surface area contributed by atoms with Gasteiger partial charge in [0.05, 0.1) is 29.7 Å². The predicted molar refractivity (Wildman–Crippen MR) is 112 cm³/mol. The van der Waals surface area contributed by atoms with Crippen LogP contribution in [0.2, 0.25) is 0 Å². The first-order valence-corrected chi connectivity index (χ1v) is 10.6. The van der Waals surface area contributed by atoms with Crippen LogP contribution < -0.4 is 10.6 Å². The largest absolute Gasteiger partial charge is 0.481 e. The lowest BCUT2D eigenvalue weighted by Crippen LogP contribution is -2.41. The minimum Gasteiger partial charge on any atom is -0.481 e. The van der Waals surface area contributed by atoms with E-state index >= 15 is 0 Å². The summed E-state index contributed by atoms with van der Waals surface area (Å²) in [4.78, 5) is 37.4. The highest BCUT2D eigenvalue weighted by Gasteiger charge is 2.55. The van der Waals surface area contributed by atoms with Crippen molar-refractivity contribution in [2.45, 2.75) is 44.9 Å². The summed E-state index contributed by atoms with van der Waals surface area (Å²) >= 11 is 0. The number of amides is 2. The number of aliphatic carboxylic acids is 1. The third-order valence-corrected chi connectivity index (χ3v) is 5.96. The molecule has 9 nitrogen and oxygen atoms in total. The number of benzene rings is 1. The zero-order valence-electron chi connectivity index (χ0n) is 17.3. The molecule has 9 heteroatoms. The normalized spacial score (nSPS) is 24.2. The molecule has 2 aromatic rings. The number of nitrogens with zero attached hydrogens (tertiary/aromatic N) is 2. The molecule has 0 spiro atoms. The second-order valence-corrected chi connectivity index (χ2v) is 7.91. The first-order valence-electron chi connectivity index (χ1n) is 10.6. The molecule has 164 valence electrons. The van der Waals surface area contributed by atoms with Crippen LogP contribution >= 0.6 is 0 Å². The first-order chi connectivity index (χ1) is 15.0. The van der Waals surface area contributed by atoms with E-state index in [4.69, 9.17) is 4.74 Å². The number of ether oxygens (including phenoxy) is 1. The molecule has 3 heterocycles. The van der Waals surface area contributed by atoms with E-state index < -0.39 is 41.8 Å². The second-order valence-electron chi connectivity index (χ2n) is 7.91. The molecule has 1 aromatic carbocycles. The third kappa shape index (κ3) is 4.32. The molecule has 31 heavy (non-hydrogen) atoms. The Balaban J connectivity index is 1.45. The van der Waals surface area contributed by atoms with Gasteiger partial charge >= 0.3 is 5.97 Å². The van der Waals surface area contributed by atoms with Crippen molar-refractivity contribution in [1.29, 1.82) is 0 Å². The predicted octanol–water partition coefficient (Wildman–Crippen LogP) is 1.69. The number of nitrogens with one attached hydrogen (secondary N) is 2. The molecular weight excluding hydrogens is 400 g/mol. The number of carbonyl (C=O) groups excluding carboxylic acids is 2. The smallest absolute Gasteiger partial charge is 0.310 e. The van der Waals surface area contributed by atoms with E-state index in [9.17, 15) is 19.5 Å². The molecule has 3 N–H and O–H groups in total. The van der Waals surface area contributed by atoms with Crippen molar-refractivity contribution in [2.75, 3.05) is 11.9 Å². The van der Waals surface area contributed by atoms with Crippen LogP contribution in [0.4, 0.5) is 5.69 Å². The summed E-state index contributed by atoms with van der Waals surface area (Å²) in [6.45, 7) is 2.82. The van der Waals surface area contributed by atoms with Crippen molar-refractivity contribution >= 4 is 23.5 Å². The van der Waals surface area contributed by atoms with Gasteiger partial charge in [0, 0.05) is 19.3 Å². The van der Waals surface area contributed by atoms with Crippen molar-refractivity contribution in [2.24, 2.45) is 11.8 Å². The minimum absolute atomic E-state index is 0.110. The quantitative estimate of drug-likeness (QED) is 0.590. The Labute approximate surface area is 179 Å². The lowest BCUT2D eigenvalue weighted by molar-refractivity contribution is -0.147. The number of anilines is 1. The van der Waals surface area contributed by atoms with Crippen LogP contribution in [0.5, 0.6) is 0 Å². The van der Waals surface area contributed by atoms with Gasteiger partial charge in [-0.2, -0.15) is 5.10 Å². The molecule has 1 aromatic heterocycles. The first kappa shape index (κ1) is 21.0. The fourth-order valence-corrected chi connectivity index (χ4v) is 4.43. The van der Waals surface area contributed by atoms with E-state index in [1.807, 2.05) is 37.3 Å². The average Bonchev–Trinajstić information content (AvgIpc) is 3.48. The Bertz CT molecular complexity index is 974. The highest BCUT2D eigenvalue weighted by Crippen LogP contribution is 2.44. The number of aryl methyl sites for hydroxylation is 1. The molecule has 0 radical (unpaired) electrons. The summed E-state index contributed by atoms with van der Waals surface area (Å²) < 4.78 is 7.24. The number of rotatable bonds is 8. The van der Waals surface area contributed by atoms with Crippen LogP contribution in [0.25, 0.3) is 0 Å². The van der Waals surface area contributed by atoms with E-state index in [0.717, 1.165) is 5.56 Å². The number of carboxylic acids is 1. The maximum atomic E-state index is 13.0. The van der Waals surface area contributed by atoms with Gasteiger partial charge in [-0.3, -0.25) is 19.1 Å². The average molecular weight is 426 g/mol. The van der Waals surface area contributed by atoms with Gasteiger partial charge in [-0.1, -0.05) is 30.3 Å². The van der Waals surface area contributed by atoms with Gasteiger partial charge in [0.15, 0.2) is 5.69 Å². The Kier molecular flexibility index (Phi) is 6.03. The molecular formula is C22H26N4O5. The van der Waals surface area contributed by atoms with Gasteiger partial charge in [-0.25, -0.2) is 0 Å². The van der Waals surface area contributed by atoms with Crippen molar-refractivity contribution in [1.82, 2.24) is 15.1 Å². The molecule has 0 saturated carbocycles. The Hall–Kier alpha value is -3.20. The SMILES string of the molecule is CCn1cc(NC(=O)[C@@H]2[C@@H](C(=O)O)[C@@H]3CC[C@@H]2O3)c(C(=O)NCCc2ccccc2)n1. The second kappa shape index (κ2) is 8.89. The lowest BCUT2D eigenvalue weighted by Gasteiger charge is -2.23. The molecule has 0 aliphatic carbocycles. The standard InChI is InChI=1S/C22H26N4O5/c1-2-26-12-14(19(25-26)21(28)23-11-10-13-6-4-3-5-7-13)24-20(27)17-15-8-9-16(31-15)18(17)22(29)30/h3-7,12,15-18H,2,8-11H2,1H3,(H,23,28)(H,24,27)(H,29,30)/t15-,16-,17-,18-/m0/s1. The monoisotopic (exact) mass is 426 g/mol. The van der Waals surface area contributed by atoms with Gasteiger partial charge in [-0.05, 0) is 31.7 Å². The van der Waals surface area contributed by atoms with Gasteiger partial charge in [-0.15, -0.1) is 0 Å². The molecule has 4 atom stereocenters. The van der Waals surface area contributed by atoms with Gasteiger partial charge in [0.2, 0.25) is 5.91 Å². The summed E-state index contributed by atoms with van der Waals surface area (Å²) in [7, 11) is 0. The van der Waals surface area contributed by atoms with E-state index in [1.54, 1.807) is 10.9 Å². The zero-order chi connectivity index (χ0) is 22.0. The van der Waals surface area contributed by atoms with Crippen molar-refractivity contribution in [3.63, 3.8) is 0 Å². The summed E-state index contributed by atoms with van der Waals surface area (Å²) in [5.74, 6) is -3.53. The van der Waals surface area contributed by atoms with E-state index in [1.165, 1.54) is 0 Å². The molecule has 2 saturated heterocycles. The maximum Gasteiger partial charge on any atom is 0.310 e. The zero-order valence-corrected chi connectivity index (χ0v) is 17.3. The summed E-state index contributed by atoms with van der Waals surface area (Å²) in [6, 6.07) is 9.79. The number of fused-ring (bicyclic) bond motifs is 2. The van der Waals surface area contributed by atoms with E-state index in [0.29, 0.717) is 32.4 Å². The third-order valence-electron chi connectivity index (χ3n) is 5.96. The highest BCUT2D eigenvalue weighted by atomic mass is 16.5. The summed E-state index contributed by atoms with van der Waals surface area (Å²) in [5.41, 5.74) is 1.49. The Morgan fingerprint density at radius 1 is 1.16 bits per heavy atom. The number of hydrogen-bond acceptors (Lipinski definition) is 5. The highest BCUT2D eigenvalue weighted by molar-refractivity contribution is 6.03. The summed E-state index contributed by atoms with van der Waals surface area (Å²) in [5, 5.41) is 19.4. The van der Waals surface area contributed by atoms with Crippen LogP contribution in [0, 0.1) is 11.8 Å². The van der Waals surface area contributed by atoms with Crippen LogP contribution in [0.15, 0.2) is 36.5 Å². The number of aromatic nitrogens is 2. The molecule has 2 aliphatic rings. The van der Waals surface area contributed by atoms with Crippen LogP contribution in [0.1, 0.15) is 35.8 Å². The Morgan fingerprint density at radius 3 is 2.55 bits per heavy atom. The molecule has 4 rings (SSSR count). The fraction of sp³-hybridized carbons (Fsp3) is 0.455. The lowest BCUT2D eigenvalue weighted by atomic mass is 9.78. The van der Waals surface area contributed by atoms with Crippen LogP contribution in [0.3, 0.4) is 0 Å². The van der Waals surface area contributed by atoms with Gasteiger partial charge in [0.1, 0.15) is 0 Å². The topological polar surface area (TPSA) is 123 Å². The van der Waals surface area contributed by atoms with Gasteiger partial charge in [0.25, 0.3) is 5.91 Å². The molecule has 2 bridgehead atoms. The number of carbonyl (C=O) groups is 3. The minimum atomic E-state index is -1.03. The van der Waals surface area contributed by atoms with Crippen molar-refractivity contribution in [3.8, 4) is 0 Å². The maximum absolute atomic E-state index is 13.0. The van der Waals surface area contributed by atoms with E-state index in [-0.39, 0.29) is 11.4 Å².